The number of phenolic OH excluding ortho intramolecular Hbond substituents is 1. The molecule has 0 aromatic heterocycles. The van der Waals surface area contributed by atoms with E-state index in [1.54, 1.807) is 6.07 Å². The predicted molar refractivity (Wildman–Crippen MR) is 79.0 cm³/mol. The van der Waals surface area contributed by atoms with Crippen molar-refractivity contribution in [1.82, 2.24) is 5.32 Å². The molecule has 1 rings (SSSR count). The van der Waals surface area contributed by atoms with E-state index < -0.39 is 0 Å². The molecular formula is C15H22ClNO2. The van der Waals surface area contributed by atoms with E-state index in [0.29, 0.717) is 23.6 Å². The Morgan fingerprint density at radius 1 is 1.37 bits per heavy atom. The second-order valence-electron chi connectivity index (χ2n) is 6.21. The minimum atomic E-state index is -0.276. The van der Waals surface area contributed by atoms with Crippen molar-refractivity contribution in [2.24, 2.45) is 5.92 Å². The van der Waals surface area contributed by atoms with Crippen molar-refractivity contribution in [2.75, 3.05) is 6.54 Å². The lowest BCUT2D eigenvalue weighted by atomic mass is 9.85. The molecule has 0 saturated heterocycles. The topological polar surface area (TPSA) is 49.3 Å². The van der Waals surface area contributed by atoms with Crippen LogP contribution < -0.4 is 5.32 Å². The Labute approximate surface area is 120 Å². The Bertz CT molecular complexity index is 476. The first-order chi connectivity index (χ1) is 8.62. The minimum absolute atomic E-state index is 0.0505. The second-order valence-corrected chi connectivity index (χ2v) is 6.62. The fourth-order valence-electron chi connectivity index (χ4n) is 1.70. The summed E-state index contributed by atoms with van der Waals surface area (Å²) in [6.07, 6.45) is 0. The number of hydrogen-bond donors (Lipinski definition) is 2. The summed E-state index contributed by atoms with van der Waals surface area (Å²) >= 11 is 6.00. The van der Waals surface area contributed by atoms with Gasteiger partial charge >= 0.3 is 0 Å². The first-order valence-corrected chi connectivity index (χ1v) is 6.82. The van der Waals surface area contributed by atoms with Crippen LogP contribution in [0.4, 0.5) is 0 Å². The Hall–Kier alpha value is -1.22. The van der Waals surface area contributed by atoms with Crippen molar-refractivity contribution < 1.29 is 9.90 Å². The molecule has 4 heteroatoms. The molecule has 2 N–H and O–H groups in total. The highest BCUT2D eigenvalue weighted by atomic mass is 35.5. The van der Waals surface area contributed by atoms with Crippen molar-refractivity contribution in [2.45, 2.75) is 40.0 Å². The molecular weight excluding hydrogens is 262 g/mol. The summed E-state index contributed by atoms with van der Waals surface area (Å²) in [7, 11) is 0. The van der Waals surface area contributed by atoms with Crippen molar-refractivity contribution in [3.8, 4) is 5.75 Å². The van der Waals surface area contributed by atoms with E-state index in [0.717, 1.165) is 0 Å². The number of nitrogens with one attached hydrogen (secondary N) is 1. The molecule has 0 aliphatic rings. The molecule has 0 fully saturated rings. The van der Waals surface area contributed by atoms with E-state index in [4.69, 9.17) is 11.6 Å². The molecule has 0 bridgehead atoms. The van der Waals surface area contributed by atoms with E-state index in [1.165, 1.54) is 6.07 Å². The zero-order valence-electron chi connectivity index (χ0n) is 12.2. The van der Waals surface area contributed by atoms with Crippen LogP contribution in [-0.4, -0.2) is 17.6 Å². The lowest BCUT2D eigenvalue weighted by Gasteiger charge is -2.22. The van der Waals surface area contributed by atoms with Gasteiger partial charge in [0.25, 0.3) is 5.91 Å². The number of hydrogen-bond acceptors (Lipinski definition) is 2. The smallest absolute Gasteiger partial charge is 0.251 e. The van der Waals surface area contributed by atoms with Gasteiger partial charge in [0.15, 0.2) is 0 Å². The van der Waals surface area contributed by atoms with E-state index in [9.17, 15) is 9.90 Å². The largest absolute Gasteiger partial charge is 0.506 e. The molecule has 0 unspecified atom stereocenters. The van der Waals surface area contributed by atoms with Crippen molar-refractivity contribution in [1.29, 1.82) is 0 Å². The van der Waals surface area contributed by atoms with Gasteiger partial charge in [-0.05, 0) is 23.5 Å². The highest BCUT2D eigenvalue weighted by molar-refractivity contribution is 6.32. The zero-order valence-corrected chi connectivity index (χ0v) is 12.9. The molecule has 106 valence electrons. The summed E-state index contributed by atoms with van der Waals surface area (Å²) in [5.41, 5.74) is 0.880. The van der Waals surface area contributed by atoms with Gasteiger partial charge in [-0.15, -0.1) is 0 Å². The Morgan fingerprint density at radius 3 is 2.42 bits per heavy atom. The van der Waals surface area contributed by atoms with Crippen LogP contribution in [0.3, 0.4) is 0 Å². The highest BCUT2D eigenvalue weighted by Crippen LogP contribution is 2.36. The number of carbonyl (C=O) groups is 1. The summed E-state index contributed by atoms with van der Waals surface area (Å²) < 4.78 is 0. The molecule has 0 heterocycles. The number of carbonyl (C=O) groups excluding carboxylic acids is 1. The molecule has 0 saturated carbocycles. The lowest BCUT2D eigenvalue weighted by Crippen LogP contribution is -2.27. The molecule has 19 heavy (non-hydrogen) atoms. The van der Waals surface area contributed by atoms with Crippen LogP contribution in [0.5, 0.6) is 5.75 Å². The van der Waals surface area contributed by atoms with Crippen molar-refractivity contribution >= 4 is 17.5 Å². The highest BCUT2D eigenvalue weighted by Gasteiger charge is 2.22. The normalized spacial score (nSPS) is 11.7. The third-order valence-electron chi connectivity index (χ3n) is 2.80. The Morgan fingerprint density at radius 2 is 1.95 bits per heavy atom. The van der Waals surface area contributed by atoms with Gasteiger partial charge in [-0.3, -0.25) is 4.79 Å². The van der Waals surface area contributed by atoms with Crippen LogP contribution in [0, 0.1) is 5.92 Å². The number of benzene rings is 1. The van der Waals surface area contributed by atoms with E-state index >= 15 is 0 Å². The van der Waals surface area contributed by atoms with Gasteiger partial charge in [0.1, 0.15) is 5.75 Å². The summed E-state index contributed by atoms with van der Waals surface area (Å²) in [4.78, 5) is 12.0. The van der Waals surface area contributed by atoms with Crippen LogP contribution in [0.25, 0.3) is 0 Å². The van der Waals surface area contributed by atoms with Gasteiger partial charge in [0, 0.05) is 17.7 Å². The third kappa shape index (κ3) is 4.13. The van der Waals surface area contributed by atoms with Crippen LogP contribution in [-0.2, 0) is 5.41 Å². The average Bonchev–Trinajstić information content (AvgIpc) is 2.27. The summed E-state index contributed by atoms with van der Waals surface area (Å²) in [6, 6.07) is 3.21. The maximum Gasteiger partial charge on any atom is 0.251 e. The molecule has 0 spiro atoms. The lowest BCUT2D eigenvalue weighted by molar-refractivity contribution is 0.0949. The molecule has 1 aromatic carbocycles. The van der Waals surface area contributed by atoms with Crippen LogP contribution in [0.1, 0.15) is 50.5 Å². The predicted octanol–water partition coefficient (Wildman–Crippen LogP) is 3.73. The number of aromatic hydroxyl groups is 1. The number of phenols is 1. The standard InChI is InChI=1S/C15H22ClNO2/c1-9(2)8-17-14(19)10-6-11(15(3,4)5)13(18)12(16)7-10/h6-7,9,18H,8H2,1-5H3,(H,17,19). The number of amides is 1. The van der Waals surface area contributed by atoms with Crippen LogP contribution in [0.15, 0.2) is 12.1 Å². The zero-order chi connectivity index (χ0) is 14.8. The van der Waals surface area contributed by atoms with Gasteiger partial charge in [-0.1, -0.05) is 46.2 Å². The second kappa shape index (κ2) is 5.83. The van der Waals surface area contributed by atoms with E-state index in [1.807, 2.05) is 34.6 Å². The van der Waals surface area contributed by atoms with Crippen LogP contribution in [0.2, 0.25) is 5.02 Å². The van der Waals surface area contributed by atoms with E-state index in [-0.39, 0.29) is 22.1 Å². The summed E-state index contributed by atoms with van der Waals surface area (Å²) in [5, 5.41) is 13.0. The molecule has 0 aliphatic heterocycles. The Balaban J connectivity index is 3.10. The van der Waals surface area contributed by atoms with Gasteiger partial charge in [0.05, 0.1) is 5.02 Å². The van der Waals surface area contributed by atoms with E-state index in [2.05, 4.69) is 5.32 Å². The Kier molecular flexibility index (Phi) is 4.86. The van der Waals surface area contributed by atoms with Gasteiger partial charge in [0.2, 0.25) is 0 Å². The molecule has 1 aromatic rings. The summed E-state index contributed by atoms with van der Waals surface area (Å²) in [6.45, 7) is 10.6. The number of halogens is 1. The molecule has 3 nitrogen and oxygen atoms in total. The fourth-order valence-corrected chi connectivity index (χ4v) is 1.92. The van der Waals surface area contributed by atoms with Crippen molar-refractivity contribution in [3.05, 3.63) is 28.3 Å². The van der Waals surface area contributed by atoms with Crippen LogP contribution >= 0.6 is 11.6 Å². The SMILES string of the molecule is CC(C)CNC(=O)c1cc(Cl)c(O)c(C(C)(C)C)c1. The first kappa shape index (κ1) is 15.8. The number of rotatable bonds is 3. The van der Waals surface area contributed by atoms with Gasteiger partial charge in [-0.2, -0.15) is 0 Å². The molecule has 0 atom stereocenters. The molecule has 0 radical (unpaired) electrons. The first-order valence-electron chi connectivity index (χ1n) is 6.44. The molecule has 1 amide bonds. The maximum absolute atomic E-state index is 12.0. The maximum atomic E-state index is 12.0. The summed E-state index contributed by atoms with van der Waals surface area (Å²) in [5.74, 6) is 0.272. The monoisotopic (exact) mass is 283 g/mol. The quantitative estimate of drug-likeness (QED) is 0.888. The van der Waals surface area contributed by atoms with Gasteiger partial charge in [-0.25, -0.2) is 0 Å². The van der Waals surface area contributed by atoms with Crippen molar-refractivity contribution in [3.63, 3.8) is 0 Å². The molecule has 0 aliphatic carbocycles. The third-order valence-corrected chi connectivity index (χ3v) is 3.09. The minimum Gasteiger partial charge on any atom is -0.506 e. The fraction of sp³-hybridized carbons (Fsp3) is 0.533. The van der Waals surface area contributed by atoms with Gasteiger partial charge < -0.3 is 10.4 Å². The average molecular weight is 284 g/mol.